The second-order valence-corrected chi connectivity index (χ2v) is 6.53. The fraction of sp³-hybridized carbons (Fsp3) is 0.467. The summed E-state index contributed by atoms with van der Waals surface area (Å²) >= 11 is 1.31. The van der Waals surface area contributed by atoms with Crippen LogP contribution < -0.4 is 14.8 Å². The van der Waals surface area contributed by atoms with Crippen LogP contribution in [-0.4, -0.2) is 51.1 Å². The molecule has 1 aliphatic rings. The lowest BCUT2D eigenvalue weighted by molar-refractivity contribution is -0.119. The molecule has 1 atom stereocenters. The van der Waals surface area contributed by atoms with E-state index in [1.54, 1.807) is 4.68 Å². The molecule has 2 aromatic rings. The van der Waals surface area contributed by atoms with Gasteiger partial charge >= 0.3 is 0 Å². The van der Waals surface area contributed by atoms with Gasteiger partial charge in [-0.1, -0.05) is 23.9 Å². The van der Waals surface area contributed by atoms with Crippen molar-refractivity contribution in [3.05, 3.63) is 24.3 Å². The van der Waals surface area contributed by atoms with Gasteiger partial charge < -0.3 is 14.8 Å². The van der Waals surface area contributed by atoms with Crippen LogP contribution in [0.2, 0.25) is 0 Å². The molecule has 0 saturated heterocycles. The maximum absolute atomic E-state index is 12.0. The number of rotatable bonds is 6. The van der Waals surface area contributed by atoms with E-state index >= 15 is 0 Å². The van der Waals surface area contributed by atoms with E-state index in [1.807, 2.05) is 38.1 Å². The summed E-state index contributed by atoms with van der Waals surface area (Å²) in [4.78, 5) is 12.0. The first kappa shape index (κ1) is 16.6. The van der Waals surface area contributed by atoms with Gasteiger partial charge in [-0.05, 0) is 36.4 Å². The number of hydrogen-bond acceptors (Lipinski definition) is 7. The number of para-hydroxylation sites is 2. The van der Waals surface area contributed by atoms with Crippen LogP contribution in [0.1, 0.15) is 19.9 Å². The van der Waals surface area contributed by atoms with E-state index in [2.05, 4.69) is 20.8 Å². The molecule has 0 fully saturated rings. The van der Waals surface area contributed by atoms with E-state index in [4.69, 9.17) is 9.47 Å². The molecule has 128 valence electrons. The second-order valence-electron chi connectivity index (χ2n) is 5.59. The lowest BCUT2D eigenvalue weighted by Gasteiger charge is -2.26. The van der Waals surface area contributed by atoms with E-state index in [0.29, 0.717) is 24.1 Å². The standard InChI is InChI=1S/C15H19N5O3S/c1-10(2)20-15(17-18-19-20)24-9-14(21)16-7-11-8-22-12-5-3-4-6-13(12)23-11/h3-6,10-11H,7-9H2,1-2H3,(H,16,21). The molecular weight excluding hydrogens is 330 g/mol. The third-order valence-corrected chi connectivity index (χ3v) is 4.31. The number of aromatic nitrogens is 4. The zero-order valence-corrected chi connectivity index (χ0v) is 14.3. The van der Waals surface area contributed by atoms with Gasteiger partial charge in [-0.25, -0.2) is 4.68 Å². The number of benzene rings is 1. The number of carbonyl (C=O) groups is 1. The quantitative estimate of drug-likeness (QED) is 0.786. The Balaban J connectivity index is 1.44. The van der Waals surface area contributed by atoms with Crippen molar-refractivity contribution in [2.24, 2.45) is 0 Å². The molecular formula is C15H19N5O3S. The fourth-order valence-corrected chi connectivity index (χ4v) is 3.01. The predicted octanol–water partition coefficient (Wildman–Crippen LogP) is 1.30. The van der Waals surface area contributed by atoms with Crippen molar-refractivity contribution in [2.75, 3.05) is 18.9 Å². The maximum Gasteiger partial charge on any atom is 0.230 e. The van der Waals surface area contributed by atoms with Gasteiger partial charge in [0.05, 0.1) is 18.3 Å². The molecule has 1 unspecified atom stereocenters. The van der Waals surface area contributed by atoms with Gasteiger partial charge in [0, 0.05) is 0 Å². The lowest BCUT2D eigenvalue weighted by atomic mass is 10.2. The average molecular weight is 349 g/mol. The molecule has 1 amide bonds. The summed E-state index contributed by atoms with van der Waals surface area (Å²) < 4.78 is 13.1. The lowest BCUT2D eigenvalue weighted by Crippen LogP contribution is -2.41. The van der Waals surface area contributed by atoms with E-state index < -0.39 is 0 Å². The highest BCUT2D eigenvalue weighted by Crippen LogP contribution is 2.30. The van der Waals surface area contributed by atoms with Crippen molar-refractivity contribution in [2.45, 2.75) is 31.1 Å². The number of fused-ring (bicyclic) bond motifs is 1. The summed E-state index contributed by atoms with van der Waals surface area (Å²) in [5.41, 5.74) is 0. The van der Waals surface area contributed by atoms with E-state index in [1.165, 1.54) is 11.8 Å². The molecule has 2 heterocycles. The highest BCUT2D eigenvalue weighted by atomic mass is 32.2. The van der Waals surface area contributed by atoms with Crippen molar-refractivity contribution in [1.82, 2.24) is 25.5 Å². The summed E-state index contributed by atoms with van der Waals surface area (Å²) in [5.74, 6) is 1.59. The Morgan fingerprint density at radius 3 is 3.00 bits per heavy atom. The molecule has 24 heavy (non-hydrogen) atoms. The number of hydrogen-bond donors (Lipinski definition) is 1. The zero-order chi connectivity index (χ0) is 16.9. The largest absolute Gasteiger partial charge is 0.486 e. The van der Waals surface area contributed by atoms with Gasteiger partial charge in [-0.3, -0.25) is 4.79 Å². The van der Waals surface area contributed by atoms with Gasteiger partial charge in [0.15, 0.2) is 11.5 Å². The van der Waals surface area contributed by atoms with Gasteiger partial charge in [-0.15, -0.1) is 5.10 Å². The molecule has 8 nitrogen and oxygen atoms in total. The van der Waals surface area contributed by atoms with Crippen LogP contribution >= 0.6 is 11.8 Å². The van der Waals surface area contributed by atoms with E-state index in [0.717, 1.165) is 5.75 Å². The van der Waals surface area contributed by atoms with Gasteiger partial charge in [0.1, 0.15) is 12.7 Å². The Labute approximate surface area is 143 Å². The molecule has 0 aliphatic carbocycles. The third kappa shape index (κ3) is 3.97. The summed E-state index contributed by atoms with van der Waals surface area (Å²) in [6.07, 6.45) is -0.199. The topological polar surface area (TPSA) is 91.2 Å². The Kier molecular flexibility index (Phi) is 5.19. The number of carbonyl (C=O) groups excluding carboxylic acids is 1. The van der Waals surface area contributed by atoms with Crippen LogP contribution in [0.5, 0.6) is 11.5 Å². The highest BCUT2D eigenvalue weighted by molar-refractivity contribution is 7.99. The van der Waals surface area contributed by atoms with Crippen LogP contribution in [0.3, 0.4) is 0 Å². The van der Waals surface area contributed by atoms with Crippen molar-refractivity contribution < 1.29 is 14.3 Å². The Hall–Kier alpha value is -2.29. The minimum absolute atomic E-state index is 0.0965. The number of nitrogens with zero attached hydrogens (tertiary/aromatic N) is 4. The molecule has 1 aromatic heterocycles. The van der Waals surface area contributed by atoms with Gasteiger partial charge in [0.2, 0.25) is 11.1 Å². The summed E-state index contributed by atoms with van der Waals surface area (Å²) in [6, 6.07) is 7.65. The number of thioether (sulfide) groups is 1. The molecule has 1 aromatic carbocycles. The molecule has 1 N–H and O–H groups in total. The second kappa shape index (κ2) is 7.52. The van der Waals surface area contributed by atoms with Crippen molar-refractivity contribution in [3.63, 3.8) is 0 Å². The molecule has 0 saturated carbocycles. The van der Waals surface area contributed by atoms with Gasteiger partial charge in [-0.2, -0.15) is 0 Å². The normalized spacial score (nSPS) is 16.2. The van der Waals surface area contributed by atoms with Crippen molar-refractivity contribution in [3.8, 4) is 11.5 Å². The first-order valence-electron chi connectivity index (χ1n) is 7.69. The van der Waals surface area contributed by atoms with Crippen molar-refractivity contribution >= 4 is 17.7 Å². The van der Waals surface area contributed by atoms with E-state index in [9.17, 15) is 4.79 Å². The predicted molar refractivity (Wildman–Crippen MR) is 88.3 cm³/mol. The SMILES string of the molecule is CC(C)n1nnnc1SCC(=O)NCC1COc2ccccc2O1. The number of ether oxygens (including phenoxy) is 2. The molecule has 0 spiro atoms. The molecule has 0 radical (unpaired) electrons. The summed E-state index contributed by atoms with van der Waals surface area (Å²) in [5, 5.41) is 14.9. The molecule has 1 aliphatic heterocycles. The smallest absolute Gasteiger partial charge is 0.230 e. The maximum atomic E-state index is 12.0. The Morgan fingerprint density at radius 1 is 1.42 bits per heavy atom. The average Bonchev–Trinajstić information content (AvgIpc) is 3.07. The van der Waals surface area contributed by atoms with Crippen LogP contribution in [-0.2, 0) is 4.79 Å². The van der Waals surface area contributed by atoms with E-state index in [-0.39, 0.29) is 23.8 Å². The first-order valence-corrected chi connectivity index (χ1v) is 8.68. The molecule has 9 heteroatoms. The number of amides is 1. The monoisotopic (exact) mass is 349 g/mol. The van der Waals surface area contributed by atoms with Crippen LogP contribution in [0, 0.1) is 0 Å². The molecule has 3 rings (SSSR count). The minimum Gasteiger partial charge on any atom is -0.486 e. The first-order chi connectivity index (χ1) is 11.6. The van der Waals surface area contributed by atoms with Crippen LogP contribution in [0.15, 0.2) is 29.4 Å². The fourth-order valence-electron chi connectivity index (χ4n) is 2.18. The number of nitrogens with one attached hydrogen (secondary N) is 1. The summed E-state index contributed by atoms with van der Waals surface area (Å²) in [7, 11) is 0. The zero-order valence-electron chi connectivity index (χ0n) is 13.5. The van der Waals surface area contributed by atoms with Gasteiger partial charge in [0.25, 0.3) is 0 Å². The third-order valence-electron chi connectivity index (χ3n) is 3.38. The van der Waals surface area contributed by atoms with Crippen molar-refractivity contribution in [1.29, 1.82) is 0 Å². The Bertz CT molecular complexity index is 706. The summed E-state index contributed by atoms with van der Waals surface area (Å²) in [6.45, 7) is 4.77. The minimum atomic E-state index is -0.199. The highest BCUT2D eigenvalue weighted by Gasteiger charge is 2.21. The van der Waals surface area contributed by atoms with Crippen LogP contribution in [0.4, 0.5) is 0 Å². The molecule has 0 bridgehead atoms. The Morgan fingerprint density at radius 2 is 2.21 bits per heavy atom. The van der Waals surface area contributed by atoms with Crippen LogP contribution in [0.25, 0.3) is 0 Å². The number of tetrazole rings is 1.